The summed E-state index contributed by atoms with van der Waals surface area (Å²) in [5.41, 5.74) is 0.974. The van der Waals surface area contributed by atoms with Crippen molar-refractivity contribution in [2.45, 2.75) is 20.0 Å². The number of ether oxygens (including phenoxy) is 1. The number of halogens is 3. The van der Waals surface area contributed by atoms with Crippen LogP contribution >= 0.6 is 0 Å². The first kappa shape index (κ1) is 15.4. The standard InChI is InChI=1S/C17H17F3O/c1-12(2)11-21-16-9-5-14(6-10-16)13-3-7-15(8-4-13)17(18,19)20/h3-10,12H,11H2,1-2H3/i18-1. The topological polar surface area (TPSA) is 9.23 Å². The molecule has 0 saturated heterocycles. The summed E-state index contributed by atoms with van der Waals surface area (Å²) in [6.45, 7) is 4.77. The average Bonchev–Trinajstić information content (AvgIpc) is 2.45. The minimum absolute atomic E-state index is 0.444. The van der Waals surface area contributed by atoms with Crippen LogP contribution in [0.25, 0.3) is 11.1 Å². The second kappa shape index (κ2) is 6.20. The van der Waals surface area contributed by atoms with Crippen LogP contribution in [0.3, 0.4) is 0 Å². The molecule has 0 spiro atoms. The maximum Gasteiger partial charge on any atom is 0.416 e. The minimum Gasteiger partial charge on any atom is -0.493 e. The Morgan fingerprint density at radius 2 is 1.33 bits per heavy atom. The Morgan fingerprint density at radius 3 is 1.76 bits per heavy atom. The van der Waals surface area contributed by atoms with Crippen molar-refractivity contribution in [1.82, 2.24) is 0 Å². The first-order valence-electron chi connectivity index (χ1n) is 6.77. The molecule has 0 heterocycles. The van der Waals surface area contributed by atoms with E-state index < -0.39 is 11.7 Å². The quantitative estimate of drug-likeness (QED) is 0.732. The van der Waals surface area contributed by atoms with Gasteiger partial charge in [0, 0.05) is 0 Å². The van der Waals surface area contributed by atoms with E-state index in [1.165, 1.54) is 12.1 Å². The van der Waals surface area contributed by atoms with Gasteiger partial charge in [-0.2, -0.15) is 13.2 Å². The van der Waals surface area contributed by atoms with Gasteiger partial charge in [0.25, 0.3) is 0 Å². The van der Waals surface area contributed by atoms with Gasteiger partial charge >= 0.3 is 6.18 Å². The lowest BCUT2D eigenvalue weighted by Crippen LogP contribution is -2.04. The molecule has 2 aromatic rings. The molecule has 0 aliphatic rings. The fourth-order valence-corrected chi connectivity index (χ4v) is 1.86. The van der Waals surface area contributed by atoms with Gasteiger partial charge < -0.3 is 4.74 Å². The lowest BCUT2D eigenvalue weighted by Gasteiger charge is -2.10. The predicted molar refractivity (Wildman–Crippen MR) is 77.2 cm³/mol. The Balaban J connectivity index is 2.11. The number of hydrogen-bond acceptors (Lipinski definition) is 1. The van der Waals surface area contributed by atoms with Crippen molar-refractivity contribution in [1.29, 1.82) is 0 Å². The molecule has 112 valence electrons. The van der Waals surface area contributed by atoms with Gasteiger partial charge in [0.15, 0.2) is 0 Å². The highest BCUT2D eigenvalue weighted by Crippen LogP contribution is 2.31. The van der Waals surface area contributed by atoms with Crippen LogP contribution in [-0.4, -0.2) is 6.61 Å². The van der Waals surface area contributed by atoms with Crippen LogP contribution in [0.5, 0.6) is 5.75 Å². The van der Waals surface area contributed by atoms with E-state index in [2.05, 4.69) is 13.8 Å². The molecule has 0 unspecified atom stereocenters. The zero-order valence-electron chi connectivity index (χ0n) is 11.9. The molecule has 1 nitrogen and oxygen atoms in total. The molecule has 0 N–H and O–H groups in total. The zero-order valence-corrected chi connectivity index (χ0v) is 11.9. The molecular weight excluding hydrogens is 276 g/mol. The maximum absolute atomic E-state index is 12.5. The van der Waals surface area contributed by atoms with Crippen molar-refractivity contribution in [3.05, 3.63) is 54.1 Å². The van der Waals surface area contributed by atoms with Crippen molar-refractivity contribution in [3.63, 3.8) is 0 Å². The van der Waals surface area contributed by atoms with E-state index in [1.54, 1.807) is 0 Å². The summed E-state index contributed by atoms with van der Waals surface area (Å²) >= 11 is 0. The molecule has 2 rings (SSSR count). The Bertz CT molecular complexity index is 568. The van der Waals surface area contributed by atoms with Crippen molar-refractivity contribution in [2.24, 2.45) is 5.92 Å². The van der Waals surface area contributed by atoms with Crippen LogP contribution < -0.4 is 4.74 Å². The summed E-state index contributed by atoms with van der Waals surface area (Å²) in [6, 6.07) is 12.5. The molecule has 0 bridgehead atoms. The summed E-state index contributed by atoms with van der Waals surface area (Å²) in [5, 5.41) is 0. The molecule has 2 aromatic carbocycles. The Labute approximate surface area is 122 Å². The SMILES string of the molecule is CC(C)COc1ccc(-c2ccc(C(F)(F)[18F])cc2)cc1. The van der Waals surface area contributed by atoms with Crippen LogP contribution in [0.15, 0.2) is 48.5 Å². The van der Waals surface area contributed by atoms with Crippen molar-refractivity contribution in [2.75, 3.05) is 6.61 Å². The summed E-state index contributed by atoms with van der Waals surface area (Å²) in [4.78, 5) is 0. The summed E-state index contributed by atoms with van der Waals surface area (Å²) in [7, 11) is 0. The van der Waals surface area contributed by atoms with E-state index in [0.29, 0.717) is 12.5 Å². The molecule has 0 saturated carbocycles. The Morgan fingerprint density at radius 1 is 0.857 bits per heavy atom. The Kier molecular flexibility index (Phi) is 4.56. The molecule has 0 aromatic heterocycles. The van der Waals surface area contributed by atoms with E-state index >= 15 is 0 Å². The van der Waals surface area contributed by atoms with Crippen LogP contribution in [-0.2, 0) is 6.18 Å². The van der Waals surface area contributed by atoms with Crippen molar-refractivity contribution in [3.8, 4) is 16.9 Å². The van der Waals surface area contributed by atoms with E-state index in [-0.39, 0.29) is 0 Å². The van der Waals surface area contributed by atoms with Crippen LogP contribution in [0.2, 0.25) is 0 Å². The summed E-state index contributed by atoms with van der Waals surface area (Å²) < 4.78 is 43.1. The largest absolute Gasteiger partial charge is 0.493 e. The van der Waals surface area contributed by atoms with E-state index in [0.717, 1.165) is 29.0 Å². The highest BCUT2D eigenvalue weighted by molar-refractivity contribution is 5.64. The second-order valence-electron chi connectivity index (χ2n) is 5.30. The second-order valence-corrected chi connectivity index (χ2v) is 5.30. The molecule has 4 heteroatoms. The van der Waals surface area contributed by atoms with Gasteiger partial charge in [-0.05, 0) is 41.3 Å². The Hall–Kier alpha value is -1.97. The van der Waals surface area contributed by atoms with Gasteiger partial charge in [-0.25, -0.2) is 0 Å². The van der Waals surface area contributed by atoms with E-state index in [9.17, 15) is 13.2 Å². The molecule has 0 aliphatic carbocycles. The highest BCUT2D eigenvalue weighted by Gasteiger charge is 2.29. The maximum atomic E-state index is 12.5. The fraction of sp³-hybridized carbons (Fsp3) is 0.294. The van der Waals surface area contributed by atoms with Crippen molar-refractivity contribution < 1.29 is 17.9 Å². The van der Waals surface area contributed by atoms with Gasteiger partial charge in [-0.1, -0.05) is 38.1 Å². The molecule has 0 amide bonds. The lowest BCUT2D eigenvalue weighted by atomic mass is 10.0. The summed E-state index contributed by atoms with van der Waals surface area (Å²) in [5.74, 6) is 1.21. The first-order chi connectivity index (χ1) is 9.86. The number of benzene rings is 2. The normalized spacial score (nSPS) is 11.7. The molecule has 0 fully saturated rings. The third kappa shape index (κ3) is 4.25. The lowest BCUT2D eigenvalue weighted by molar-refractivity contribution is -0.137. The van der Waals surface area contributed by atoms with E-state index in [1.807, 2.05) is 24.3 Å². The molecular formula is C17H17F3O. The van der Waals surface area contributed by atoms with E-state index in [4.69, 9.17) is 4.74 Å². The molecule has 21 heavy (non-hydrogen) atoms. The predicted octanol–water partition coefficient (Wildman–Crippen LogP) is 5.41. The van der Waals surface area contributed by atoms with Gasteiger partial charge in [0.05, 0.1) is 12.2 Å². The van der Waals surface area contributed by atoms with Crippen LogP contribution in [0, 0.1) is 5.92 Å². The molecule has 0 aliphatic heterocycles. The van der Waals surface area contributed by atoms with Gasteiger partial charge in [-0.15, -0.1) is 0 Å². The fourth-order valence-electron chi connectivity index (χ4n) is 1.86. The number of rotatable bonds is 4. The van der Waals surface area contributed by atoms with Gasteiger partial charge in [0.2, 0.25) is 0 Å². The number of alkyl halides is 3. The first-order valence-corrected chi connectivity index (χ1v) is 6.77. The van der Waals surface area contributed by atoms with Crippen LogP contribution in [0.1, 0.15) is 19.4 Å². The average molecular weight is 293 g/mol. The third-order valence-electron chi connectivity index (χ3n) is 2.98. The third-order valence-corrected chi connectivity index (χ3v) is 2.98. The monoisotopic (exact) mass is 293 g/mol. The zero-order chi connectivity index (χ0) is 15.5. The molecule has 0 atom stereocenters. The number of hydrogen-bond donors (Lipinski definition) is 0. The highest BCUT2D eigenvalue weighted by atomic mass is 19.3. The smallest absolute Gasteiger partial charge is 0.416 e. The van der Waals surface area contributed by atoms with Gasteiger partial charge in [-0.3, -0.25) is 0 Å². The summed E-state index contributed by atoms with van der Waals surface area (Å²) in [6.07, 6.45) is -4.30. The molecule has 0 radical (unpaired) electrons. The minimum atomic E-state index is -4.30. The van der Waals surface area contributed by atoms with Crippen LogP contribution in [0.4, 0.5) is 13.2 Å². The van der Waals surface area contributed by atoms with Gasteiger partial charge in [0.1, 0.15) is 5.75 Å². The van der Waals surface area contributed by atoms with Crippen molar-refractivity contribution >= 4 is 0 Å².